The summed E-state index contributed by atoms with van der Waals surface area (Å²) in [5, 5.41) is 3.66. The van der Waals surface area contributed by atoms with Gasteiger partial charge in [0.15, 0.2) is 0 Å². The van der Waals surface area contributed by atoms with E-state index in [1.165, 1.54) is 26.4 Å². The van der Waals surface area contributed by atoms with Gasteiger partial charge in [0.05, 0.1) is 0 Å². The third-order valence-electron chi connectivity index (χ3n) is 3.98. The number of nitrogens with one attached hydrogen (secondary N) is 1. The SMILES string of the molecule is CCNC(Cc1ccc(CC)s1)Cc1cc(C)ccc1C. The first kappa shape index (κ1) is 16.3. The fraction of sp³-hybridized carbons (Fsp3) is 0.474. The zero-order valence-electron chi connectivity index (χ0n) is 13.7. The first-order valence-corrected chi connectivity index (χ1v) is 8.81. The fourth-order valence-electron chi connectivity index (χ4n) is 2.76. The largest absolute Gasteiger partial charge is 0.314 e. The van der Waals surface area contributed by atoms with E-state index in [1.807, 2.05) is 11.3 Å². The maximum atomic E-state index is 3.66. The summed E-state index contributed by atoms with van der Waals surface area (Å²) in [5.74, 6) is 0. The molecule has 2 heteroatoms. The van der Waals surface area contributed by atoms with Crippen molar-refractivity contribution in [2.24, 2.45) is 0 Å². The minimum atomic E-state index is 0.527. The Morgan fingerprint density at radius 2 is 1.76 bits per heavy atom. The van der Waals surface area contributed by atoms with Crippen LogP contribution >= 0.6 is 11.3 Å². The van der Waals surface area contributed by atoms with Gasteiger partial charge >= 0.3 is 0 Å². The molecule has 0 bridgehead atoms. The highest BCUT2D eigenvalue weighted by Gasteiger charge is 2.12. The topological polar surface area (TPSA) is 12.0 Å². The Labute approximate surface area is 133 Å². The van der Waals surface area contributed by atoms with Crippen LogP contribution < -0.4 is 5.32 Å². The van der Waals surface area contributed by atoms with Gasteiger partial charge in [0.2, 0.25) is 0 Å². The van der Waals surface area contributed by atoms with Crippen LogP contribution in [-0.4, -0.2) is 12.6 Å². The Bertz CT molecular complexity index is 571. The van der Waals surface area contributed by atoms with Gasteiger partial charge in [-0.2, -0.15) is 0 Å². The molecule has 2 aromatic rings. The van der Waals surface area contributed by atoms with E-state index >= 15 is 0 Å². The Morgan fingerprint density at radius 3 is 2.43 bits per heavy atom. The molecule has 1 aromatic heterocycles. The second kappa shape index (κ2) is 7.77. The maximum Gasteiger partial charge on any atom is 0.0156 e. The second-order valence-electron chi connectivity index (χ2n) is 5.81. The average Bonchev–Trinajstić information content (AvgIpc) is 2.91. The monoisotopic (exact) mass is 301 g/mol. The molecule has 0 aliphatic heterocycles. The number of hydrogen-bond donors (Lipinski definition) is 1. The van der Waals surface area contributed by atoms with Gasteiger partial charge in [-0.3, -0.25) is 0 Å². The normalized spacial score (nSPS) is 12.6. The van der Waals surface area contributed by atoms with E-state index in [1.54, 1.807) is 0 Å². The Hall–Kier alpha value is -1.12. The third kappa shape index (κ3) is 4.69. The van der Waals surface area contributed by atoms with Gasteiger partial charge in [-0.15, -0.1) is 11.3 Å². The van der Waals surface area contributed by atoms with Crippen molar-refractivity contribution >= 4 is 11.3 Å². The molecule has 114 valence electrons. The van der Waals surface area contributed by atoms with Gasteiger partial charge in [0.25, 0.3) is 0 Å². The predicted molar refractivity (Wildman–Crippen MR) is 94.5 cm³/mol. The van der Waals surface area contributed by atoms with Crippen LogP contribution in [0.4, 0.5) is 0 Å². The van der Waals surface area contributed by atoms with Crippen LogP contribution in [0.1, 0.15) is 40.3 Å². The van der Waals surface area contributed by atoms with Crippen molar-refractivity contribution in [3.63, 3.8) is 0 Å². The summed E-state index contributed by atoms with van der Waals surface area (Å²) in [6.45, 7) is 9.85. The summed E-state index contributed by atoms with van der Waals surface area (Å²) in [7, 11) is 0. The number of rotatable bonds is 7. The fourth-order valence-corrected chi connectivity index (χ4v) is 3.79. The van der Waals surface area contributed by atoms with E-state index in [-0.39, 0.29) is 0 Å². The molecule has 21 heavy (non-hydrogen) atoms. The highest BCUT2D eigenvalue weighted by atomic mass is 32.1. The lowest BCUT2D eigenvalue weighted by Gasteiger charge is -2.19. The zero-order chi connectivity index (χ0) is 15.2. The summed E-state index contributed by atoms with van der Waals surface area (Å²) < 4.78 is 0. The highest BCUT2D eigenvalue weighted by molar-refractivity contribution is 7.11. The Morgan fingerprint density at radius 1 is 1.00 bits per heavy atom. The minimum Gasteiger partial charge on any atom is -0.314 e. The lowest BCUT2D eigenvalue weighted by atomic mass is 9.97. The predicted octanol–water partition coefficient (Wildman–Crippen LogP) is 4.69. The summed E-state index contributed by atoms with van der Waals surface area (Å²) in [4.78, 5) is 3.00. The van der Waals surface area contributed by atoms with Gasteiger partial charge in [-0.1, -0.05) is 37.6 Å². The Balaban J connectivity index is 2.09. The highest BCUT2D eigenvalue weighted by Crippen LogP contribution is 2.20. The maximum absolute atomic E-state index is 3.66. The van der Waals surface area contributed by atoms with Gasteiger partial charge in [-0.05, 0) is 62.9 Å². The second-order valence-corrected chi connectivity index (χ2v) is 7.07. The first-order chi connectivity index (χ1) is 10.1. The molecule has 0 spiro atoms. The molecule has 0 fully saturated rings. The van der Waals surface area contributed by atoms with E-state index in [4.69, 9.17) is 0 Å². The number of thiophene rings is 1. The molecule has 0 saturated carbocycles. The van der Waals surface area contributed by atoms with Crippen molar-refractivity contribution in [2.45, 2.75) is 53.0 Å². The smallest absolute Gasteiger partial charge is 0.0156 e. The summed E-state index contributed by atoms with van der Waals surface area (Å²) in [5.41, 5.74) is 4.24. The van der Waals surface area contributed by atoms with Crippen molar-refractivity contribution in [2.75, 3.05) is 6.54 Å². The van der Waals surface area contributed by atoms with Crippen LogP contribution in [0.3, 0.4) is 0 Å². The van der Waals surface area contributed by atoms with Crippen LogP contribution in [0.2, 0.25) is 0 Å². The number of benzene rings is 1. The molecule has 2 rings (SSSR count). The third-order valence-corrected chi connectivity index (χ3v) is 5.23. The van der Waals surface area contributed by atoms with Crippen LogP contribution in [-0.2, 0) is 19.3 Å². The summed E-state index contributed by atoms with van der Waals surface area (Å²) in [6.07, 6.45) is 3.39. The van der Waals surface area contributed by atoms with Gasteiger partial charge in [-0.25, -0.2) is 0 Å². The van der Waals surface area contributed by atoms with E-state index in [0.29, 0.717) is 6.04 Å². The molecule has 1 atom stereocenters. The van der Waals surface area contributed by atoms with Gasteiger partial charge in [0.1, 0.15) is 0 Å². The van der Waals surface area contributed by atoms with E-state index < -0.39 is 0 Å². The molecule has 1 aromatic carbocycles. The van der Waals surface area contributed by atoms with Crippen molar-refractivity contribution < 1.29 is 0 Å². The number of hydrogen-bond acceptors (Lipinski definition) is 2. The average molecular weight is 301 g/mol. The Kier molecular flexibility index (Phi) is 6.01. The van der Waals surface area contributed by atoms with Crippen LogP contribution in [0.25, 0.3) is 0 Å². The van der Waals surface area contributed by atoms with Crippen LogP contribution in [0.15, 0.2) is 30.3 Å². The molecule has 0 saturated heterocycles. The lowest BCUT2D eigenvalue weighted by Crippen LogP contribution is -2.33. The summed E-state index contributed by atoms with van der Waals surface area (Å²) >= 11 is 1.96. The minimum absolute atomic E-state index is 0.527. The molecule has 0 aliphatic carbocycles. The molecule has 1 unspecified atom stereocenters. The van der Waals surface area contributed by atoms with Crippen LogP contribution in [0, 0.1) is 13.8 Å². The number of aryl methyl sites for hydroxylation is 3. The standard InChI is InChI=1S/C19H27NS/c1-5-18-9-10-19(21-18)13-17(20-6-2)12-16-11-14(3)7-8-15(16)4/h7-11,17,20H,5-6,12-13H2,1-4H3. The van der Waals surface area contributed by atoms with Crippen molar-refractivity contribution in [3.8, 4) is 0 Å². The lowest BCUT2D eigenvalue weighted by molar-refractivity contribution is 0.523. The molecule has 1 heterocycles. The molecule has 0 amide bonds. The van der Waals surface area contributed by atoms with Gasteiger partial charge < -0.3 is 5.32 Å². The van der Waals surface area contributed by atoms with E-state index in [9.17, 15) is 0 Å². The molecule has 1 nitrogen and oxygen atoms in total. The van der Waals surface area contributed by atoms with Crippen molar-refractivity contribution in [3.05, 3.63) is 56.8 Å². The molecular weight excluding hydrogens is 274 g/mol. The first-order valence-electron chi connectivity index (χ1n) is 7.99. The molecule has 0 aliphatic rings. The van der Waals surface area contributed by atoms with E-state index in [0.717, 1.165) is 25.8 Å². The van der Waals surface area contributed by atoms with Crippen molar-refractivity contribution in [1.29, 1.82) is 0 Å². The number of likely N-dealkylation sites (N-methyl/N-ethyl adjacent to an activating group) is 1. The van der Waals surface area contributed by atoms with Crippen LogP contribution in [0.5, 0.6) is 0 Å². The van der Waals surface area contributed by atoms with Gasteiger partial charge in [0, 0.05) is 15.8 Å². The molecule has 0 radical (unpaired) electrons. The molecular formula is C19H27NS. The zero-order valence-corrected chi connectivity index (χ0v) is 14.5. The van der Waals surface area contributed by atoms with Crippen molar-refractivity contribution in [1.82, 2.24) is 5.32 Å². The quantitative estimate of drug-likeness (QED) is 0.782. The summed E-state index contributed by atoms with van der Waals surface area (Å²) in [6, 6.07) is 11.9. The van der Waals surface area contributed by atoms with E-state index in [2.05, 4.69) is 63.3 Å². The molecule has 1 N–H and O–H groups in total.